The lowest BCUT2D eigenvalue weighted by molar-refractivity contribution is 0.669. The molecule has 0 unspecified atom stereocenters. The standard InChI is InChI=1S/C57H32N4O2/c1-3-15-36-30-48-44(28-34(36)13-1)40-19-7-9-22-46(40)61(48)47-26-27-50-53(45-29-35-14-2-4-16-37(35)31-52(45)63-50)54(47)57-59-55(38-24-25-42-41-20-8-10-23-49(41)62-51(42)32-38)58-56(60-57)43-21-11-17-33-12-5-6-18-39(33)43/h1-32H. The van der Waals surface area contributed by atoms with E-state index in [4.69, 9.17) is 23.8 Å². The van der Waals surface area contributed by atoms with E-state index in [2.05, 4.69) is 180 Å². The van der Waals surface area contributed by atoms with Gasteiger partial charge < -0.3 is 13.4 Å². The largest absolute Gasteiger partial charge is 0.456 e. The number of hydrogen-bond acceptors (Lipinski definition) is 5. The van der Waals surface area contributed by atoms with Crippen LogP contribution in [-0.4, -0.2) is 19.5 Å². The maximum atomic E-state index is 6.80. The molecule has 0 spiro atoms. The number of benzene rings is 10. The summed E-state index contributed by atoms with van der Waals surface area (Å²) in [4.78, 5) is 16.3. The number of nitrogens with zero attached hydrogens (tertiary/aromatic N) is 4. The molecule has 14 aromatic rings. The molecule has 0 aliphatic carbocycles. The third-order valence-electron chi connectivity index (χ3n) is 12.8. The van der Waals surface area contributed by atoms with Crippen LogP contribution in [0.1, 0.15) is 0 Å². The first kappa shape index (κ1) is 34.1. The third-order valence-corrected chi connectivity index (χ3v) is 12.8. The van der Waals surface area contributed by atoms with Crippen molar-refractivity contribution >= 4 is 98.0 Å². The van der Waals surface area contributed by atoms with Crippen LogP contribution in [0.3, 0.4) is 0 Å². The first-order valence-electron chi connectivity index (χ1n) is 21.2. The van der Waals surface area contributed by atoms with Gasteiger partial charge >= 0.3 is 0 Å². The van der Waals surface area contributed by atoms with E-state index in [1.165, 1.54) is 21.5 Å². The van der Waals surface area contributed by atoms with Gasteiger partial charge in [-0.25, -0.2) is 15.0 Å². The van der Waals surface area contributed by atoms with Crippen molar-refractivity contribution in [2.24, 2.45) is 0 Å². The number of furan rings is 2. The van der Waals surface area contributed by atoms with Gasteiger partial charge in [0.2, 0.25) is 0 Å². The second kappa shape index (κ2) is 12.9. The molecule has 0 atom stereocenters. The van der Waals surface area contributed by atoms with Gasteiger partial charge in [0.25, 0.3) is 0 Å². The zero-order valence-corrected chi connectivity index (χ0v) is 33.6. The van der Waals surface area contributed by atoms with Crippen molar-refractivity contribution in [1.82, 2.24) is 19.5 Å². The van der Waals surface area contributed by atoms with Gasteiger partial charge in [0.05, 0.1) is 22.3 Å². The number of hydrogen-bond donors (Lipinski definition) is 0. The lowest BCUT2D eigenvalue weighted by Crippen LogP contribution is -2.04. The first-order valence-corrected chi connectivity index (χ1v) is 21.2. The number of rotatable bonds is 4. The van der Waals surface area contributed by atoms with E-state index in [1.807, 2.05) is 18.2 Å². The summed E-state index contributed by atoms with van der Waals surface area (Å²) in [6.45, 7) is 0. The van der Waals surface area contributed by atoms with Crippen LogP contribution < -0.4 is 0 Å². The lowest BCUT2D eigenvalue weighted by atomic mass is 10.00. The van der Waals surface area contributed by atoms with Gasteiger partial charge in [0.1, 0.15) is 22.3 Å². The zero-order valence-electron chi connectivity index (χ0n) is 33.6. The van der Waals surface area contributed by atoms with E-state index in [1.54, 1.807) is 0 Å². The molecule has 6 heteroatoms. The van der Waals surface area contributed by atoms with Crippen molar-refractivity contribution in [1.29, 1.82) is 0 Å². The molecule has 4 heterocycles. The third kappa shape index (κ3) is 5.09. The molecular formula is C57H32N4O2. The normalized spacial score (nSPS) is 12.1. The van der Waals surface area contributed by atoms with Crippen LogP contribution in [0.4, 0.5) is 0 Å². The Morgan fingerprint density at radius 1 is 0.333 bits per heavy atom. The molecular weight excluding hydrogens is 773 g/mol. The molecule has 292 valence electrons. The van der Waals surface area contributed by atoms with Gasteiger partial charge in [-0.05, 0) is 93.0 Å². The Hall–Kier alpha value is -8.61. The quantitative estimate of drug-likeness (QED) is 0.177. The summed E-state index contributed by atoms with van der Waals surface area (Å²) in [5.74, 6) is 1.65. The Labute approximate surface area is 358 Å². The molecule has 4 aromatic heterocycles. The molecule has 0 aliphatic heterocycles. The Kier molecular flexibility index (Phi) is 7.02. The minimum atomic E-state index is 0.538. The fourth-order valence-corrected chi connectivity index (χ4v) is 9.89. The topological polar surface area (TPSA) is 69.9 Å². The fourth-order valence-electron chi connectivity index (χ4n) is 9.89. The Morgan fingerprint density at radius 2 is 0.937 bits per heavy atom. The van der Waals surface area contributed by atoms with Gasteiger partial charge in [-0.3, -0.25) is 0 Å². The van der Waals surface area contributed by atoms with Crippen molar-refractivity contribution in [2.75, 3.05) is 0 Å². The molecule has 63 heavy (non-hydrogen) atoms. The average Bonchev–Trinajstić information content (AvgIpc) is 4.00. The zero-order chi connectivity index (χ0) is 41.2. The molecule has 0 bridgehead atoms. The minimum absolute atomic E-state index is 0.538. The van der Waals surface area contributed by atoms with E-state index >= 15 is 0 Å². The van der Waals surface area contributed by atoms with Crippen LogP contribution in [0.2, 0.25) is 0 Å². The summed E-state index contributed by atoms with van der Waals surface area (Å²) in [5.41, 5.74) is 8.88. The molecule has 0 N–H and O–H groups in total. The highest BCUT2D eigenvalue weighted by Crippen LogP contribution is 2.45. The van der Waals surface area contributed by atoms with Gasteiger partial charge in [-0.2, -0.15) is 0 Å². The predicted octanol–water partition coefficient (Wildman–Crippen LogP) is 15.2. The number of fused-ring (bicyclic) bond motifs is 12. The maximum absolute atomic E-state index is 6.80. The SMILES string of the molecule is c1ccc2cc3c(cc2c1)oc1ccc(-n2c4ccccc4c4cc5ccccc5cc42)c(-c2nc(-c4ccc5c(c4)oc4ccccc45)nc(-c4cccc5ccccc45)n2)c13. The molecule has 10 aromatic carbocycles. The van der Waals surface area contributed by atoms with Gasteiger partial charge in [-0.1, -0.05) is 133 Å². The fraction of sp³-hybridized carbons (Fsp3) is 0. The van der Waals surface area contributed by atoms with Crippen molar-refractivity contribution < 1.29 is 8.83 Å². The molecule has 14 rings (SSSR count). The second-order valence-corrected chi connectivity index (χ2v) is 16.3. The maximum Gasteiger partial charge on any atom is 0.166 e. The highest BCUT2D eigenvalue weighted by Gasteiger charge is 2.25. The van der Waals surface area contributed by atoms with Crippen LogP contribution >= 0.6 is 0 Å². The highest BCUT2D eigenvalue weighted by molar-refractivity contribution is 6.19. The average molecular weight is 805 g/mol. The second-order valence-electron chi connectivity index (χ2n) is 16.3. The van der Waals surface area contributed by atoms with Crippen LogP contribution in [0.25, 0.3) is 138 Å². The van der Waals surface area contributed by atoms with Crippen LogP contribution in [0.15, 0.2) is 203 Å². The molecule has 0 radical (unpaired) electrons. The monoisotopic (exact) mass is 804 g/mol. The lowest BCUT2D eigenvalue weighted by Gasteiger charge is -2.16. The first-order chi connectivity index (χ1) is 31.2. The Bertz CT molecular complexity index is 4230. The summed E-state index contributed by atoms with van der Waals surface area (Å²) in [6.07, 6.45) is 0. The van der Waals surface area contributed by atoms with Crippen molar-refractivity contribution in [3.8, 4) is 39.9 Å². The predicted molar refractivity (Wildman–Crippen MR) is 258 cm³/mol. The van der Waals surface area contributed by atoms with Crippen LogP contribution in [0.5, 0.6) is 0 Å². The number of aromatic nitrogens is 4. The summed E-state index contributed by atoms with van der Waals surface area (Å²) in [5, 5.41) is 13.1. The van der Waals surface area contributed by atoms with E-state index < -0.39 is 0 Å². The Balaban J connectivity index is 1.14. The molecule has 0 fully saturated rings. The van der Waals surface area contributed by atoms with Gasteiger partial charge in [0, 0.05) is 43.4 Å². The van der Waals surface area contributed by atoms with Crippen LogP contribution in [-0.2, 0) is 0 Å². The molecule has 0 saturated heterocycles. The summed E-state index contributed by atoms with van der Waals surface area (Å²) in [6, 6.07) is 68.0. The molecule has 0 amide bonds. The molecule has 6 nitrogen and oxygen atoms in total. The van der Waals surface area contributed by atoms with Crippen LogP contribution in [0, 0.1) is 0 Å². The number of para-hydroxylation sites is 2. The van der Waals surface area contributed by atoms with E-state index in [9.17, 15) is 0 Å². The van der Waals surface area contributed by atoms with Crippen molar-refractivity contribution in [2.45, 2.75) is 0 Å². The van der Waals surface area contributed by atoms with E-state index in [0.29, 0.717) is 17.5 Å². The summed E-state index contributed by atoms with van der Waals surface area (Å²) >= 11 is 0. The van der Waals surface area contributed by atoms with Gasteiger partial charge in [-0.15, -0.1) is 0 Å². The van der Waals surface area contributed by atoms with Gasteiger partial charge in [0.15, 0.2) is 17.5 Å². The van der Waals surface area contributed by atoms with Crippen molar-refractivity contribution in [3.05, 3.63) is 194 Å². The summed E-state index contributed by atoms with van der Waals surface area (Å²) < 4.78 is 15.6. The van der Waals surface area contributed by atoms with E-state index in [0.717, 1.165) is 98.8 Å². The van der Waals surface area contributed by atoms with Crippen molar-refractivity contribution in [3.63, 3.8) is 0 Å². The highest BCUT2D eigenvalue weighted by atomic mass is 16.3. The Morgan fingerprint density at radius 3 is 1.78 bits per heavy atom. The molecule has 0 saturated carbocycles. The van der Waals surface area contributed by atoms with E-state index in [-0.39, 0.29) is 0 Å². The minimum Gasteiger partial charge on any atom is -0.456 e. The smallest absolute Gasteiger partial charge is 0.166 e. The summed E-state index contributed by atoms with van der Waals surface area (Å²) in [7, 11) is 0. The molecule has 0 aliphatic rings.